The summed E-state index contributed by atoms with van der Waals surface area (Å²) in [6, 6.07) is 6.25. The third-order valence-electron chi connectivity index (χ3n) is 7.28. The number of hydrogen-bond donors (Lipinski definition) is 1. The summed E-state index contributed by atoms with van der Waals surface area (Å²) in [7, 11) is -5.23. The van der Waals surface area contributed by atoms with Crippen LogP contribution in [-0.2, 0) is 23.9 Å². The number of aromatic nitrogens is 2. The van der Waals surface area contributed by atoms with E-state index in [1.54, 1.807) is 19.1 Å². The normalized spacial score (nSPS) is 21.2. The maximum Gasteiger partial charge on any atom is 0.280 e. The second-order valence-corrected chi connectivity index (χ2v) is 19.1. The first kappa shape index (κ1) is 27.9. The summed E-state index contributed by atoms with van der Waals surface area (Å²) < 4.78 is 35.8. The van der Waals surface area contributed by atoms with Gasteiger partial charge in [-0.2, -0.15) is 4.37 Å². The van der Waals surface area contributed by atoms with Crippen LogP contribution in [0.4, 0.5) is 5.13 Å². The number of carbonyl (C=O) groups excluding carboxylic acids is 1. The molecule has 2 saturated carbocycles. The summed E-state index contributed by atoms with van der Waals surface area (Å²) in [5, 5.41) is 7.16. The molecule has 0 unspecified atom stereocenters. The number of anilines is 1. The number of sulfone groups is 1. The van der Waals surface area contributed by atoms with E-state index in [9.17, 15) is 13.2 Å². The van der Waals surface area contributed by atoms with E-state index < -0.39 is 24.1 Å². The first-order valence-electron chi connectivity index (χ1n) is 12.6. The average molecular weight is 565 g/mol. The van der Waals surface area contributed by atoms with E-state index in [4.69, 9.17) is 9.26 Å². The van der Waals surface area contributed by atoms with Gasteiger partial charge in [0.25, 0.3) is 5.91 Å². The summed E-state index contributed by atoms with van der Waals surface area (Å²) in [5.41, 5.74) is 0.512. The smallest absolute Gasteiger partial charge is 0.280 e. The number of oxime groups is 1. The Bertz CT molecular complexity index is 1260. The fraction of sp³-hybridized carbons (Fsp3) is 0.600. The molecule has 1 N–H and O–H groups in total. The molecule has 0 radical (unpaired) electrons. The van der Waals surface area contributed by atoms with Gasteiger partial charge in [0, 0.05) is 29.6 Å². The van der Waals surface area contributed by atoms with Crippen LogP contribution in [0.2, 0.25) is 18.1 Å². The van der Waals surface area contributed by atoms with Gasteiger partial charge in [-0.25, -0.2) is 13.4 Å². The lowest BCUT2D eigenvalue weighted by Gasteiger charge is -2.38. The Hall–Kier alpha value is -2.15. The van der Waals surface area contributed by atoms with E-state index in [2.05, 4.69) is 53.7 Å². The highest BCUT2D eigenvalue weighted by Crippen LogP contribution is 2.40. The molecule has 0 aliphatic heterocycles. The Morgan fingerprint density at radius 2 is 1.76 bits per heavy atom. The molecule has 9 nitrogen and oxygen atoms in total. The highest BCUT2D eigenvalue weighted by molar-refractivity contribution is 7.92. The molecule has 4 rings (SSSR count). The molecule has 12 heteroatoms. The second kappa shape index (κ2) is 10.5. The maximum absolute atomic E-state index is 13.2. The molecule has 2 atom stereocenters. The van der Waals surface area contributed by atoms with Crippen LogP contribution in [0.5, 0.6) is 0 Å². The van der Waals surface area contributed by atoms with E-state index in [-0.39, 0.29) is 33.1 Å². The lowest BCUT2D eigenvalue weighted by Crippen LogP contribution is -2.43. The Kier molecular flexibility index (Phi) is 7.94. The zero-order chi connectivity index (χ0) is 27.0. The van der Waals surface area contributed by atoms with Gasteiger partial charge in [0.05, 0.1) is 10.1 Å². The van der Waals surface area contributed by atoms with E-state index >= 15 is 0 Å². The van der Waals surface area contributed by atoms with Crippen LogP contribution >= 0.6 is 11.5 Å². The van der Waals surface area contributed by atoms with Crippen molar-refractivity contribution in [2.75, 3.05) is 5.32 Å². The van der Waals surface area contributed by atoms with Gasteiger partial charge in [-0.3, -0.25) is 10.1 Å². The number of nitrogens with one attached hydrogen (secondary N) is 1. The summed E-state index contributed by atoms with van der Waals surface area (Å²) >= 11 is 1.08. The standard InChI is InChI=1S/C25H36N4O5S2Si/c1-16-26-24(35-29-16)27-23(30)22(17-7-11-20(12-8-17)36(31,32)21-13-14-21)28-33-18-9-10-19(15-18)34-37(5,6)25(2,3)4/h7-8,11-12,18-19,21H,9-10,13-15H2,1-6H3,(H,26,27,29,30)/b28-22+/t18-,19-/m1/s1. The predicted molar refractivity (Wildman–Crippen MR) is 147 cm³/mol. The lowest BCUT2D eigenvalue weighted by molar-refractivity contribution is -0.110. The molecule has 0 bridgehead atoms. The van der Waals surface area contributed by atoms with Gasteiger partial charge >= 0.3 is 0 Å². The molecule has 2 aliphatic carbocycles. The van der Waals surface area contributed by atoms with Gasteiger partial charge in [-0.15, -0.1) is 0 Å². The number of rotatable bonds is 9. The first-order valence-corrected chi connectivity index (χ1v) is 17.9. The summed E-state index contributed by atoms with van der Waals surface area (Å²) in [6.45, 7) is 12.9. The summed E-state index contributed by atoms with van der Waals surface area (Å²) in [4.78, 5) is 23.5. The minimum absolute atomic E-state index is 0.0528. The topological polar surface area (TPSA) is 120 Å². The van der Waals surface area contributed by atoms with E-state index in [0.717, 1.165) is 24.4 Å². The Morgan fingerprint density at radius 1 is 1.11 bits per heavy atom. The number of nitrogens with zero attached hydrogens (tertiary/aromatic N) is 3. The lowest BCUT2D eigenvalue weighted by atomic mass is 10.1. The quantitative estimate of drug-likeness (QED) is 0.256. The summed E-state index contributed by atoms with van der Waals surface area (Å²) in [6.07, 6.45) is 3.69. The van der Waals surface area contributed by atoms with Crippen molar-refractivity contribution in [1.29, 1.82) is 0 Å². The molecule has 202 valence electrons. The highest BCUT2D eigenvalue weighted by Gasteiger charge is 2.41. The SMILES string of the molecule is Cc1nsc(NC(=O)/C(=N/O[C@@H]2CC[C@@H](O[Si](C)(C)C(C)(C)C)C2)c2ccc(S(=O)(=O)C3CC3)cc2)n1. The fourth-order valence-corrected chi connectivity index (χ4v) is 7.56. The zero-order valence-electron chi connectivity index (χ0n) is 22.3. The molecular weight excluding hydrogens is 529 g/mol. The Labute approximate surface area is 224 Å². The minimum Gasteiger partial charge on any atom is -0.414 e. The van der Waals surface area contributed by atoms with Crippen LogP contribution in [0.1, 0.15) is 64.3 Å². The van der Waals surface area contributed by atoms with Crippen molar-refractivity contribution in [3.05, 3.63) is 35.7 Å². The molecule has 1 heterocycles. The van der Waals surface area contributed by atoms with Crippen LogP contribution in [0, 0.1) is 6.92 Å². The molecule has 2 aliphatic rings. The van der Waals surface area contributed by atoms with Crippen LogP contribution in [-0.4, -0.2) is 55.2 Å². The van der Waals surface area contributed by atoms with E-state index in [0.29, 0.717) is 35.8 Å². The predicted octanol–water partition coefficient (Wildman–Crippen LogP) is 5.08. The Morgan fingerprint density at radius 3 is 2.32 bits per heavy atom. The monoisotopic (exact) mass is 564 g/mol. The van der Waals surface area contributed by atoms with Gasteiger partial charge in [-0.1, -0.05) is 38.1 Å². The molecule has 0 spiro atoms. The van der Waals surface area contributed by atoms with Gasteiger partial charge < -0.3 is 9.26 Å². The van der Waals surface area contributed by atoms with Crippen molar-refractivity contribution in [3.8, 4) is 0 Å². The molecule has 37 heavy (non-hydrogen) atoms. The maximum atomic E-state index is 13.2. The molecule has 1 aromatic heterocycles. The third kappa shape index (κ3) is 6.65. The molecular formula is C25H36N4O5S2Si. The number of aryl methyl sites for hydroxylation is 1. The molecule has 1 amide bonds. The molecule has 2 aromatic rings. The van der Waals surface area contributed by atoms with Crippen molar-refractivity contribution < 1.29 is 22.5 Å². The van der Waals surface area contributed by atoms with Crippen molar-refractivity contribution in [1.82, 2.24) is 9.36 Å². The van der Waals surface area contributed by atoms with Gasteiger partial charge in [-0.05, 0) is 62.9 Å². The van der Waals surface area contributed by atoms with Crippen molar-refractivity contribution >= 4 is 46.4 Å². The number of carbonyl (C=O) groups is 1. The highest BCUT2D eigenvalue weighted by atomic mass is 32.2. The van der Waals surface area contributed by atoms with E-state index in [1.807, 2.05) is 0 Å². The molecule has 0 saturated heterocycles. The zero-order valence-corrected chi connectivity index (χ0v) is 24.9. The van der Waals surface area contributed by atoms with E-state index in [1.165, 1.54) is 12.1 Å². The van der Waals surface area contributed by atoms with Crippen molar-refractivity contribution in [2.24, 2.45) is 5.16 Å². The minimum atomic E-state index is -3.33. The van der Waals surface area contributed by atoms with Gasteiger partial charge in [0.2, 0.25) is 5.13 Å². The largest absolute Gasteiger partial charge is 0.414 e. The van der Waals surface area contributed by atoms with Crippen molar-refractivity contribution in [3.63, 3.8) is 0 Å². The van der Waals surface area contributed by atoms with Crippen LogP contribution in [0.25, 0.3) is 0 Å². The van der Waals surface area contributed by atoms with Crippen molar-refractivity contribution in [2.45, 2.75) is 100 Å². The summed E-state index contributed by atoms with van der Waals surface area (Å²) in [5.74, 6) is 0.0597. The number of benzene rings is 1. The molecule has 1 aromatic carbocycles. The van der Waals surface area contributed by atoms with Crippen LogP contribution in [0.3, 0.4) is 0 Å². The number of amides is 1. The van der Waals surface area contributed by atoms with Crippen LogP contribution < -0.4 is 5.32 Å². The average Bonchev–Trinajstić information content (AvgIpc) is 3.48. The number of hydrogen-bond acceptors (Lipinski definition) is 9. The third-order valence-corrected chi connectivity index (χ3v) is 14.8. The molecule has 2 fully saturated rings. The first-order chi connectivity index (χ1) is 17.3. The van der Waals surface area contributed by atoms with Gasteiger partial charge in [0.1, 0.15) is 11.9 Å². The Balaban J connectivity index is 1.50. The van der Waals surface area contributed by atoms with Crippen LogP contribution in [0.15, 0.2) is 34.3 Å². The van der Waals surface area contributed by atoms with Gasteiger partial charge in [0.15, 0.2) is 23.9 Å². The fourth-order valence-electron chi connectivity index (χ4n) is 3.93. The second-order valence-electron chi connectivity index (χ2n) is 11.4.